The second-order valence-electron chi connectivity index (χ2n) is 5.58. The minimum Gasteiger partial charge on any atom is -0.449 e. The highest BCUT2D eigenvalue weighted by Gasteiger charge is 2.34. The number of rotatable bonds is 5. The van der Waals surface area contributed by atoms with E-state index in [0.717, 1.165) is 56.9 Å². The molecule has 1 saturated heterocycles. The summed E-state index contributed by atoms with van der Waals surface area (Å²) in [4.78, 5) is 6.75. The first-order chi connectivity index (χ1) is 8.67. The van der Waals surface area contributed by atoms with Gasteiger partial charge in [0.05, 0.1) is 5.69 Å². The summed E-state index contributed by atoms with van der Waals surface area (Å²) >= 11 is 0. The monoisotopic (exact) mass is 252 g/mol. The van der Waals surface area contributed by atoms with Crippen LogP contribution in [0.15, 0.2) is 10.7 Å². The molecule has 0 unspecified atom stereocenters. The average molecular weight is 252 g/mol. The van der Waals surface area contributed by atoms with E-state index in [1.807, 2.05) is 6.92 Å². The number of piperidine rings is 1. The summed E-state index contributed by atoms with van der Waals surface area (Å²) in [6.45, 7) is 7.27. The van der Waals surface area contributed by atoms with Gasteiger partial charge in [-0.3, -0.25) is 4.90 Å². The molecule has 102 valence electrons. The zero-order valence-electron chi connectivity index (χ0n) is 11.5. The van der Waals surface area contributed by atoms with Gasteiger partial charge in [-0.1, -0.05) is 13.3 Å². The highest BCUT2D eigenvalue weighted by Crippen LogP contribution is 2.34. The van der Waals surface area contributed by atoms with E-state index in [2.05, 4.69) is 16.8 Å². The molecular weight excluding hydrogens is 228 g/mol. The highest BCUT2D eigenvalue weighted by atomic mass is 16.3. The van der Waals surface area contributed by atoms with E-state index in [1.165, 1.54) is 0 Å². The Balaban J connectivity index is 1.97. The Morgan fingerprint density at radius 1 is 1.56 bits per heavy atom. The van der Waals surface area contributed by atoms with E-state index in [4.69, 9.17) is 4.42 Å². The Morgan fingerprint density at radius 2 is 2.39 bits per heavy atom. The molecule has 2 heterocycles. The number of hydrogen-bond donors (Lipinski definition) is 1. The van der Waals surface area contributed by atoms with E-state index < -0.39 is 0 Å². The Labute approximate surface area is 109 Å². The zero-order valence-corrected chi connectivity index (χ0v) is 11.5. The molecule has 1 aliphatic heterocycles. The minimum absolute atomic E-state index is 0.103. The normalized spacial score (nSPS) is 25.5. The first kappa shape index (κ1) is 13.6. The fourth-order valence-corrected chi connectivity index (χ4v) is 3.10. The molecule has 1 aliphatic rings. The summed E-state index contributed by atoms with van der Waals surface area (Å²) < 4.78 is 5.24. The van der Waals surface area contributed by atoms with Gasteiger partial charge in [0, 0.05) is 32.0 Å². The van der Waals surface area contributed by atoms with E-state index in [9.17, 15) is 5.11 Å². The van der Waals surface area contributed by atoms with Crippen LogP contribution in [0.5, 0.6) is 0 Å². The van der Waals surface area contributed by atoms with Crippen LogP contribution in [0, 0.1) is 12.3 Å². The van der Waals surface area contributed by atoms with Crippen molar-refractivity contribution in [3.8, 4) is 0 Å². The lowest BCUT2D eigenvalue weighted by Gasteiger charge is -2.41. The van der Waals surface area contributed by atoms with Gasteiger partial charge in [0.15, 0.2) is 5.89 Å². The van der Waals surface area contributed by atoms with E-state index in [0.29, 0.717) is 6.61 Å². The molecule has 0 radical (unpaired) electrons. The standard InChI is InChI=1S/C14H24N2O2/c1-3-5-14(11-17)6-4-7-16(10-14)8-13-9-18-12(2)15-13/h9,17H,3-8,10-11H2,1-2H3/t14-/m0/s1. The van der Waals surface area contributed by atoms with Crippen molar-refractivity contribution in [2.45, 2.75) is 46.1 Å². The van der Waals surface area contributed by atoms with Crippen LogP contribution in [0.4, 0.5) is 0 Å². The topological polar surface area (TPSA) is 49.5 Å². The lowest BCUT2D eigenvalue weighted by atomic mass is 9.77. The van der Waals surface area contributed by atoms with Crippen LogP contribution >= 0.6 is 0 Å². The van der Waals surface area contributed by atoms with Crippen molar-refractivity contribution in [2.24, 2.45) is 5.41 Å². The molecule has 1 aromatic rings. The van der Waals surface area contributed by atoms with Crippen LogP contribution in [0.25, 0.3) is 0 Å². The summed E-state index contributed by atoms with van der Waals surface area (Å²) in [5.74, 6) is 0.726. The first-order valence-electron chi connectivity index (χ1n) is 6.92. The third kappa shape index (κ3) is 3.12. The van der Waals surface area contributed by atoms with Crippen molar-refractivity contribution < 1.29 is 9.52 Å². The molecule has 0 saturated carbocycles. The molecule has 18 heavy (non-hydrogen) atoms. The maximum atomic E-state index is 9.70. The maximum absolute atomic E-state index is 9.70. The summed E-state index contributed by atoms with van der Waals surface area (Å²) in [6.07, 6.45) is 6.29. The molecule has 4 nitrogen and oxygen atoms in total. The number of likely N-dealkylation sites (tertiary alicyclic amines) is 1. The van der Waals surface area contributed by atoms with Gasteiger partial charge in [-0.2, -0.15) is 0 Å². The van der Waals surface area contributed by atoms with Crippen LogP contribution in [-0.4, -0.2) is 34.7 Å². The Bertz CT molecular complexity index is 374. The molecule has 4 heteroatoms. The predicted octanol–water partition coefficient (Wildman–Crippen LogP) is 2.36. The molecule has 0 spiro atoms. The van der Waals surface area contributed by atoms with Gasteiger partial charge in [-0.15, -0.1) is 0 Å². The lowest BCUT2D eigenvalue weighted by molar-refractivity contribution is 0.0211. The SMILES string of the molecule is CCC[C@]1(CO)CCCN(Cc2coc(C)n2)C1. The second-order valence-corrected chi connectivity index (χ2v) is 5.58. The maximum Gasteiger partial charge on any atom is 0.191 e. The van der Waals surface area contributed by atoms with Gasteiger partial charge in [-0.25, -0.2) is 4.98 Å². The number of nitrogens with zero attached hydrogens (tertiary/aromatic N) is 2. The number of oxazole rings is 1. The van der Waals surface area contributed by atoms with Crippen molar-refractivity contribution >= 4 is 0 Å². The van der Waals surface area contributed by atoms with Crippen LogP contribution in [-0.2, 0) is 6.54 Å². The molecule has 0 aromatic carbocycles. The average Bonchev–Trinajstić information content (AvgIpc) is 2.75. The third-order valence-electron chi connectivity index (χ3n) is 3.91. The molecule has 1 atom stereocenters. The number of hydrogen-bond acceptors (Lipinski definition) is 4. The molecule has 0 amide bonds. The summed E-state index contributed by atoms with van der Waals surface area (Å²) in [5.41, 5.74) is 1.10. The Kier molecular flexibility index (Phi) is 4.40. The van der Waals surface area contributed by atoms with Crippen molar-refractivity contribution in [2.75, 3.05) is 19.7 Å². The molecular formula is C14H24N2O2. The van der Waals surface area contributed by atoms with Crippen molar-refractivity contribution in [3.63, 3.8) is 0 Å². The quantitative estimate of drug-likeness (QED) is 0.874. The molecule has 1 aromatic heterocycles. The van der Waals surface area contributed by atoms with Gasteiger partial charge in [-0.05, 0) is 25.8 Å². The van der Waals surface area contributed by atoms with Gasteiger partial charge in [0.1, 0.15) is 6.26 Å². The number of aromatic nitrogens is 1. The third-order valence-corrected chi connectivity index (χ3v) is 3.91. The van der Waals surface area contributed by atoms with E-state index >= 15 is 0 Å². The summed E-state index contributed by atoms with van der Waals surface area (Å²) in [5, 5.41) is 9.70. The molecule has 0 bridgehead atoms. The smallest absolute Gasteiger partial charge is 0.191 e. The van der Waals surface area contributed by atoms with Crippen molar-refractivity contribution in [3.05, 3.63) is 17.8 Å². The van der Waals surface area contributed by atoms with Gasteiger partial charge in [0.25, 0.3) is 0 Å². The molecule has 1 fully saturated rings. The summed E-state index contributed by atoms with van der Waals surface area (Å²) in [6, 6.07) is 0. The van der Waals surface area contributed by atoms with Gasteiger partial charge >= 0.3 is 0 Å². The summed E-state index contributed by atoms with van der Waals surface area (Å²) in [7, 11) is 0. The van der Waals surface area contributed by atoms with Crippen molar-refractivity contribution in [1.82, 2.24) is 9.88 Å². The zero-order chi connectivity index (χ0) is 13.0. The molecule has 0 aliphatic carbocycles. The second kappa shape index (κ2) is 5.85. The largest absolute Gasteiger partial charge is 0.449 e. The fourth-order valence-electron chi connectivity index (χ4n) is 3.10. The Morgan fingerprint density at radius 3 is 3.00 bits per heavy atom. The van der Waals surface area contributed by atoms with Gasteiger partial charge < -0.3 is 9.52 Å². The van der Waals surface area contributed by atoms with Crippen LogP contribution < -0.4 is 0 Å². The molecule has 1 N–H and O–H groups in total. The first-order valence-corrected chi connectivity index (χ1v) is 6.92. The van der Waals surface area contributed by atoms with Gasteiger partial charge in [0.2, 0.25) is 0 Å². The fraction of sp³-hybridized carbons (Fsp3) is 0.786. The van der Waals surface area contributed by atoms with Crippen LogP contribution in [0.1, 0.15) is 44.2 Å². The van der Waals surface area contributed by atoms with Crippen LogP contribution in [0.3, 0.4) is 0 Å². The van der Waals surface area contributed by atoms with E-state index in [1.54, 1.807) is 6.26 Å². The van der Waals surface area contributed by atoms with Crippen molar-refractivity contribution in [1.29, 1.82) is 0 Å². The minimum atomic E-state index is 0.103. The predicted molar refractivity (Wildman–Crippen MR) is 70.2 cm³/mol. The lowest BCUT2D eigenvalue weighted by Crippen LogP contribution is -2.44. The van der Waals surface area contributed by atoms with E-state index in [-0.39, 0.29) is 5.41 Å². The number of aliphatic hydroxyl groups excluding tert-OH is 1. The highest BCUT2D eigenvalue weighted by molar-refractivity contribution is 4.97. The number of aryl methyl sites for hydroxylation is 1. The molecule has 2 rings (SSSR count). The number of aliphatic hydroxyl groups is 1. The Hall–Kier alpha value is -0.870. The van der Waals surface area contributed by atoms with Crippen LogP contribution in [0.2, 0.25) is 0 Å².